The van der Waals surface area contributed by atoms with Gasteiger partial charge in [-0.2, -0.15) is 0 Å². The van der Waals surface area contributed by atoms with Crippen LogP contribution in [-0.2, 0) is 16.0 Å². The topological polar surface area (TPSA) is 87.6 Å². The van der Waals surface area contributed by atoms with E-state index in [1.807, 2.05) is 48.4 Å². The van der Waals surface area contributed by atoms with Crippen molar-refractivity contribution in [2.45, 2.75) is 63.6 Å². The number of pyridine rings is 2. The number of nitrogens with one attached hydrogen (secondary N) is 1. The molecule has 0 amide bonds. The van der Waals surface area contributed by atoms with Gasteiger partial charge in [-0.1, -0.05) is 37.1 Å². The van der Waals surface area contributed by atoms with Gasteiger partial charge in [-0.15, -0.1) is 0 Å². The second kappa shape index (κ2) is 10.7. The van der Waals surface area contributed by atoms with Gasteiger partial charge in [0.25, 0.3) is 0 Å². The average Bonchev–Trinajstić information content (AvgIpc) is 2.84. The second-order valence-corrected chi connectivity index (χ2v) is 9.77. The highest BCUT2D eigenvalue weighted by atomic mass is 16.5. The van der Waals surface area contributed by atoms with Crippen molar-refractivity contribution in [3.05, 3.63) is 65.6 Å². The zero-order chi connectivity index (χ0) is 24.2. The molecule has 2 aliphatic heterocycles. The molecule has 0 spiro atoms. The number of ether oxygens (including phenoxy) is 1. The number of fused-ring (bicyclic) bond motifs is 2. The fourth-order valence-electron chi connectivity index (χ4n) is 5.39. The van der Waals surface area contributed by atoms with Crippen LogP contribution < -0.4 is 5.32 Å². The number of unbranched alkanes of at least 4 members (excludes halogenated alkanes) is 2. The predicted octanol–water partition coefficient (Wildman–Crippen LogP) is 4.75. The van der Waals surface area contributed by atoms with Gasteiger partial charge in [-0.05, 0) is 61.3 Å². The number of aromatic nitrogens is 2. The number of anilines is 1. The maximum atomic E-state index is 12.2. The molecule has 0 bridgehead atoms. The van der Waals surface area contributed by atoms with Gasteiger partial charge in [0, 0.05) is 49.2 Å². The molecule has 2 atom stereocenters. The van der Waals surface area contributed by atoms with E-state index < -0.39 is 12.0 Å². The Hall–Kier alpha value is -3.03. The van der Waals surface area contributed by atoms with Crippen LogP contribution in [0.5, 0.6) is 0 Å². The number of hydrogen-bond donors (Lipinski definition) is 2. The van der Waals surface area contributed by atoms with E-state index >= 15 is 0 Å². The van der Waals surface area contributed by atoms with Crippen LogP contribution in [-0.4, -0.2) is 57.8 Å². The summed E-state index contributed by atoms with van der Waals surface area (Å²) in [5.41, 5.74) is 3.07. The number of nitrogens with zero attached hydrogens (tertiary/aromatic N) is 3. The minimum atomic E-state index is -0.820. The van der Waals surface area contributed by atoms with Crippen LogP contribution >= 0.6 is 0 Å². The van der Waals surface area contributed by atoms with Crippen LogP contribution in [0.4, 0.5) is 5.82 Å². The largest absolute Gasteiger partial charge is 0.480 e. The Bertz CT molecular complexity index is 1180. The van der Waals surface area contributed by atoms with Crippen molar-refractivity contribution < 1.29 is 14.6 Å². The zero-order valence-electron chi connectivity index (χ0n) is 20.3. The summed E-state index contributed by atoms with van der Waals surface area (Å²) in [4.78, 5) is 23.0. The van der Waals surface area contributed by atoms with Crippen molar-refractivity contribution in [1.82, 2.24) is 14.9 Å². The SMILES string of the molecule is Cc1nccc2c(C(C(=O)O)N3CC(OCCCCC[C@H]4CCc5cccnc5N4)C3)cccc12. The lowest BCUT2D eigenvalue weighted by atomic mass is 9.95. The fraction of sp³-hybridized carbons (Fsp3) is 0.464. The lowest BCUT2D eigenvalue weighted by molar-refractivity contribution is -0.150. The minimum Gasteiger partial charge on any atom is -0.480 e. The summed E-state index contributed by atoms with van der Waals surface area (Å²) in [5.74, 6) is 0.233. The third-order valence-electron chi connectivity index (χ3n) is 7.35. The lowest BCUT2D eigenvalue weighted by Gasteiger charge is -2.42. The van der Waals surface area contributed by atoms with E-state index in [0.717, 1.165) is 60.1 Å². The third-order valence-corrected chi connectivity index (χ3v) is 7.35. The Morgan fingerprint density at radius 2 is 2.00 bits per heavy atom. The zero-order valence-corrected chi connectivity index (χ0v) is 20.3. The summed E-state index contributed by atoms with van der Waals surface area (Å²) in [6.07, 6.45) is 10.5. The van der Waals surface area contributed by atoms with Crippen LogP contribution in [0, 0.1) is 6.92 Å². The normalized spacial score (nSPS) is 19.1. The smallest absolute Gasteiger partial charge is 0.325 e. The highest BCUT2D eigenvalue weighted by Crippen LogP contribution is 2.33. The molecule has 7 nitrogen and oxygen atoms in total. The summed E-state index contributed by atoms with van der Waals surface area (Å²) in [6, 6.07) is 11.8. The van der Waals surface area contributed by atoms with Gasteiger partial charge < -0.3 is 15.2 Å². The second-order valence-electron chi connectivity index (χ2n) is 9.77. The molecule has 3 aromatic rings. The lowest BCUT2D eigenvalue weighted by Crippen LogP contribution is -2.55. The Morgan fingerprint density at radius 3 is 2.86 bits per heavy atom. The Morgan fingerprint density at radius 1 is 1.11 bits per heavy atom. The number of hydrogen-bond acceptors (Lipinski definition) is 6. The first-order chi connectivity index (χ1) is 17.1. The van der Waals surface area contributed by atoms with Crippen LogP contribution in [0.15, 0.2) is 48.8 Å². The maximum absolute atomic E-state index is 12.2. The number of carbonyl (C=O) groups is 1. The number of carboxylic acid groups (broad SMARTS) is 1. The summed E-state index contributed by atoms with van der Waals surface area (Å²) >= 11 is 0. The third kappa shape index (κ3) is 5.31. The van der Waals surface area contributed by atoms with Crippen LogP contribution in [0.1, 0.15) is 55.0 Å². The molecule has 1 fully saturated rings. The molecule has 5 rings (SSSR count). The fourth-order valence-corrected chi connectivity index (χ4v) is 5.39. The molecule has 1 saturated heterocycles. The van der Waals surface area contributed by atoms with Crippen molar-refractivity contribution in [2.75, 3.05) is 25.0 Å². The number of carboxylic acids is 1. The molecule has 0 radical (unpaired) electrons. The number of benzene rings is 1. The molecule has 2 N–H and O–H groups in total. The first-order valence-electron chi connectivity index (χ1n) is 12.7. The van der Waals surface area contributed by atoms with Gasteiger partial charge in [0.2, 0.25) is 0 Å². The van der Waals surface area contributed by atoms with E-state index in [4.69, 9.17) is 4.74 Å². The van der Waals surface area contributed by atoms with Crippen LogP contribution in [0.25, 0.3) is 10.8 Å². The summed E-state index contributed by atoms with van der Waals surface area (Å²) in [5, 5.41) is 15.6. The van der Waals surface area contributed by atoms with E-state index in [9.17, 15) is 9.90 Å². The van der Waals surface area contributed by atoms with Gasteiger partial charge in [-0.3, -0.25) is 14.7 Å². The molecule has 2 aliphatic rings. The van der Waals surface area contributed by atoms with E-state index in [2.05, 4.69) is 21.4 Å². The number of likely N-dealkylation sites (tertiary alicyclic amines) is 1. The van der Waals surface area contributed by atoms with E-state index in [1.54, 1.807) is 6.20 Å². The van der Waals surface area contributed by atoms with Crippen LogP contribution in [0.3, 0.4) is 0 Å². The Kier molecular flexibility index (Phi) is 7.25. The number of aryl methyl sites for hydroxylation is 2. The summed E-state index contributed by atoms with van der Waals surface area (Å²) < 4.78 is 6.05. The van der Waals surface area contributed by atoms with Crippen molar-refractivity contribution in [2.24, 2.45) is 0 Å². The first-order valence-corrected chi connectivity index (χ1v) is 12.7. The molecule has 35 heavy (non-hydrogen) atoms. The van der Waals surface area contributed by atoms with Gasteiger partial charge >= 0.3 is 5.97 Å². The summed E-state index contributed by atoms with van der Waals surface area (Å²) in [7, 11) is 0. The molecule has 4 heterocycles. The van der Waals surface area contributed by atoms with Crippen molar-refractivity contribution >= 4 is 22.6 Å². The number of aliphatic carboxylic acids is 1. The Labute approximate surface area is 206 Å². The minimum absolute atomic E-state index is 0.109. The standard InChI is InChI=1S/C28H34N4O3/c1-19-23-9-5-10-25(24(23)13-15-29-19)26(28(33)34)32-17-22(18-32)35-16-4-2-3-8-21-12-11-20-7-6-14-30-27(20)31-21/h5-7,9-10,13-15,21-22,26H,2-4,8,11-12,16-18H2,1H3,(H,30,31)(H,33,34)/t21-,26?/m0/s1. The van der Waals surface area contributed by atoms with Crippen molar-refractivity contribution in [1.29, 1.82) is 0 Å². The highest BCUT2D eigenvalue weighted by Gasteiger charge is 2.38. The van der Waals surface area contributed by atoms with Crippen molar-refractivity contribution in [3.8, 4) is 0 Å². The van der Waals surface area contributed by atoms with Gasteiger partial charge in [0.05, 0.1) is 6.10 Å². The van der Waals surface area contributed by atoms with E-state index in [-0.39, 0.29) is 6.10 Å². The summed E-state index contributed by atoms with van der Waals surface area (Å²) in [6.45, 7) is 3.99. The molecule has 1 aromatic carbocycles. The predicted molar refractivity (Wildman–Crippen MR) is 137 cm³/mol. The Balaban J connectivity index is 1.04. The average molecular weight is 475 g/mol. The molecule has 0 saturated carbocycles. The van der Waals surface area contributed by atoms with Gasteiger partial charge in [0.15, 0.2) is 0 Å². The van der Waals surface area contributed by atoms with Gasteiger partial charge in [0.1, 0.15) is 11.9 Å². The molecule has 0 aliphatic carbocycles. The quantitative estimate of drug-likeness (QED) is 0.410. The number of rotatable bonds is 10. The van der Waals surface area contributed by atoms with Crippen molar-refractivity contribution in [3.63, 3.8) is 0 Å². The molecule has 7 heteroatoms. The van der Waals surface area contributed by atoms with Crippen LogP contribution in [0.2, 0.25) is 0 Å². The molecule has 1 unspecified atom stereocenters. The monoisotopic (exact) mass is 474 g/mol. The van der Waals surface area contributed by atoms with E-state index in [1.165, 1.54) is 18.4 Å². The molecule has 184 valence electrons. The van der Waals surface area contributed by atoms with Gasteiger partial charge in [-0.25, -0.2) is 4.98 Å². The first kappa shape index (κ1) is 23.7. The highest BCUT2D eigenvalue weighted by molar-refractivity contribution is 5.91. The van der Waals surface area contributed by atoms with E-state index in [0.29, 0.717) is 19.1 Å². The maximum Gasteiger partial charge on any atom is 0.325 e. The molecule has 2 aromatic heterocycles. The molecular weight excluding hydrogens is 440 g/mol. The molecular formula is C28H34N4O3.